The van der Waals surface area contributed by atoms with Crippen LogP contribution in [-0.2, 0) is 11.2 Å². The van der Waals surface area contributed by atoms with Crippen LogP contribution in [0.4, 0.5) is 0 Å². The molecule has 1 unspecified atom stereocenters. The molecule has 6 nitrogen and oxygen atoms in total. The summed E-state index contributed by atoms with van der Waals surface area (Å²) in [5.41, 5.74) is 3.08. The SMILES string of the molecule is Brc1cccc(Cc2nc(-c3ccc4snnc4c3)n(C3CCOC3)n2)c1. The van der Waals surface area contributed by atoms with Gasteiger partial charge >= 0.3 is 0 Å². The van der Waals surface area contributed by atoms with E-state index in [1.807, 2.05) is 28.9 Å². The van der Waals surface area contributed by atoms with Gasteiger partial charge in [-0.2, -0.15) is 5.10 Å². The van der Waals surface area contributed by atoms with E-state index in [1.54, 1.807) is 0 Å². The zero-order valence-electron chi connectivity index (χ0n) is 14.4. The lowest BCUT2D eigenvalue weighted by Gasteiger charge is -2.11. The third-order valence-corrected chi connectivity index (χ3v) is 5.88. The highest BCUT2D eigenvalue weighted by molar-refractivity contribution is 9.10. The van der Waals surface area contributed by atoms with Gasteiger partial charge in [0.1, 0.15) is 5.52 Å². The highest BCUT2D eigenvalue weighted by atomic mass is 79.9. The van der Waals surface area contributed by atoms with Gasteiger partial charge in [-0.1, -0.05) is 32.6 Å². The number of fused-ring (bicyclic) bond motifs is 1. The van der Waals surface area contributed by atoms with Crippen LogP contribution in [0.2, 0.25) is 0 Å². The van der Waals surface area contributed by atoms with Crippen LogP contribution < -0.4 is 0 Å². The molecule has 0 bridgehead atoms. The molecule has 1 saturated heterocycles. The lowest BCUT2D eigenvalue weighted by Crippen LogP contribution is -2.12. The Bertz CT molecular complexity index is 1100. The summed E-state index contributed by atoms with van der Waals surface area (Å²) < 4.78 is 13.8. The Kier molecular flexibility index (Phi) is 4.47. The van der Waals surface area contributed by atoms with Gasteiger partial charge in [0.15, 0.2) is 11.6 Å². The molecule has 0 radical (unpaired) electrons. The smallest absolute Gasteiger partial charge is 0.158 e. The highest BCUT2D eigenvalue weighted by Crippen LogP contribution is 2.29. The molecule has 3 heterocycles. The van der Waals surface area contributed by atoms with Crippen LogP contribution in [0.5, 0.6) is 0 Å². The summed E-state index contributed by atoms with van der Waals surface area (Å²) in [6, 6.07) is 14.6. The Morgan fingerprint density at radius 2 is 2.19 bits per heavy atom. The molecule has 8 heteroatoms. The van der Waals surface area contributed by atoms with Crippen molar-refractivity contribution < 1.29 is 4.74 Å². The van der Waals surface area contributed by atoms with Gasteiger partial charge in [0, 0.05) is 23.1 Å². The molecule has 4 aromatic rings. The largest absolute Gasteiger partial charge is 0.379 e. The van der Waals surface area contributed by atoms with Crippen molar-refractivity contribution in [1.29, 1.82) is 0 Å². The molecule has 2 aromatic carbocycles. The van der Waals surface area contributed by atoms with Gasteiger partial charge < -0.3 is 4.74 Å². The second-order valence-electron chi connectivity index (χ2n) is 6.58. The lowest BCUT2D eigenvalue weighted by molar-refractivity contribution is 0.184. The molecular weight excluding hydrogens is 426 g/mol. The Morgan fingerprint density at radius 3 is 3.04 bits per heavy atom. The molecule has 0 N–H and O–H groups in total. The summed E-state index contributed by atoms with van der Waals surface area (Å²) in [6.45, 7) is 1.44. The standard InChI is InChI=1S/C19H16BrN5OS/c20-14-3-1-2-12(8-14)9-18-21-19(25(23-18)15-6-7-26-11-15)13-4-5-17-16(10-13)22-24-27-17/h1-5,8,10,15H,6-7,9,11H2. The molecule has 0 amide bonds. The number of rotatable bonds is 4. The van der Waals surface area contributed by atoms with Gasteiger partial charge in [-0.25, -0.2) is 9.67 Å². The first-order valence-corrected chi connectivity index (χ1v) is 10.3. The fraction of sp³-hybridized carbons (Fsp3) is 0.263. The lowest BCUT2D eigenvalue weighted by atomic mass is 10.1. The van der Waals surface area contributed by atoms with Crippen LogP contribution in [0.15, 0.2) is 46.9 Å². The molecule has 1 fully saturated rings. The fourth-order valence-corrected chi connectivity index (χ4v) is 4.34. The van der Waals surface area contributed by atoms with Crippen molar-refractivity contribution in [2.75, 3.05) is 13.2 Å². The maximum Gasteiger partial charge on any atom is 0.158 e. The number of halogens is 1. The van der Waals surface area contributed by atoms with Crippen molar-refractivity contribution in [1.82, 2.24) is 24.4 Å². The van der Waals surface area contributed by atoms with Gasteiger partial charge in [0.05, 0.1) is 17.3 Å². The van der Waals surface area contributed by atoms with Crippen molar-refractivity contribution in [3.05, 3.63) is 58.3 Å². The van der Waals surface area contributed by atoms with Crippen LogP contribution in [0.1, 0.15) is 23.9 Å². The first kappa shape index (κ1) is 17.0. The normalized spacial score (nSPS) is 17.0. The first-order chi connectivity index (χ1) is 13.3. The summed E-state index contributed by atoms with van der Waals surface area (Å²) in [4.78, 5) is 4.88. The van der Waals surface area contributed by atoms with E-state index in [0.29, 0.717) is 13.0 Å². The third kappa shape index (κ3) is 3.40. The maximum atomic E-state index is 5.59. The molecule has 136 valence electrons. The first-order valence-electron chi connectivity index (χ1n) is 8.76. The summed E-state index contributed by atoms with van der Waals surface area (Å²) in [5.74, 6) is 1.68. The van der Waals surface area contributed by atoms with Gasteiger partial charge in [0.2, 0.25) is 0 Å². The predicted molar refractivity (Wildman–Crippen MR) is 108 cm³/mol. The van der Waals surface area contributed by atoms with E-state index in [-0.39, 0.29) is 6.04 Å². The Balaban J connectivity index is 1.56. The van der Waals surface area contributed by atoms with E-state index in [2.05, 4.69) is 43.7 Å². The average molecular weight is 442 g/mol. The van der Waals surface area contributed by atoms with Crippen LogP contribution in [0.25, 0.3) is 21.6 Å². The summed E-state index contributed by atoms with van der Waals surface area (Å²) in [5, 5.41) is 9.04. The molecule has 0 aliphatic carbocycles. The number of nitrogens with zero attached hydrogens (tertiary/aromatic N) is 5. The molecular formula is C19H16BrN5OS. The van der Waals surface area contributed by atoms with E-state index in [4.69, 9.17) is 14.8 Å². The average Bonchev–Trinajstić information content (AvgIpc) is 3.41. The van der Waals surface area contributed by atoms with E-state index >= 15 is 0 Å². The Morgan fingerprint density at radius 1 is 1.22 bits per heavy atom. The number of aromatic nitrogens is 5. The number of ether oxygens (including phenoxy) is 1. The zero-order chi connectivity index (χ0) is 18.2. The van der Waals surface area contributed by atoms with Crippen LogP contribution in [-0.4, -0.2) is 37.6 Å². The van der Waals surface area contributed by atoms with Crippen molar-refractivity contribution >= 4 is 37.7 Å². The summed E-state index contributed by atoms with van der Waals surface area (Å²) in [6.07, 6.45) is 1.64. The van der Waals surface area contributed by atoms with E-state index in [0.717, 1.165) is 44.9 Å². The zero-order valence-corrected chi connectivity index (χ0v) is 16.8. The fourth-order valence-electron chi connectivity index (χ4n) is 3.36. The number of hydrogen-bond acceptors (Lipinski definition) is 6. The van der Waals surface area contributed by atoms with Gasteiger partial charge in [-0.05, 0) is 53.8 Å². The molecule has 0 spiro atoms. The quantitative estimate of drug-likeness (QED) is 0.473. The van der Waals surface area contributed by atoms with Crippen LogP contribution in [0, 0.1) is 0 Å². The van der Waals surface area contributed by atoms with E-state index in [9.17, 15) is 0 Å². The van der Waals surface area contributed by atoms with E-state index in [1.165, 1.54) is 17.1 Å². The van der Waals surface area contributed by atoms with Crippen molar-refractivity contribution in [2.24, 2.45) is 0 Å². The second kappa shape index (κ2) is 7.10. The predicted octanol–water partition coefficient (Wildman–Crippen LogP) is 4.26. The van der Waals surface area contributed by atoms with E-state index < -0.39 is 0 Å². The monoisotopic (exact) mass is 441 g/mol. The molecule has 2 aromatic heterocycles. The number of benzene rings is 2. The third-order valence-electron chi connectivity index (χ3n) is 4.68. The maximum absolute atomic E-state index is 5.59. The summed E-state index contributed by atoms with van der Waals surface area (Å²) in [7, 11) is 0. The Labute approximate surface area is 168 Å². The van der Waals surface area contributed by atoms with Gasteiger partial charge in [-0.3, -0.25) is 0 Å². The van der Waals surface area contributed by atoms with Crippen LogP contribution >= 0.6 is 27.5 Å². The minimum atomic E-state index is 0.216. The van der Waals surface area contributed by atoms with Gasteiger partial charge in [0.25, 0.3) is 0 Å². The molecule has 27 heavy (non-hydrogen) atoms. The Hall–Kier alpha value is -2.16. The van der Waals surface area contributed by atoms with Crippen LogP contribution in [0.3, 0.4) is 0 Å². The molecule has 5 rings (SSSR count). The topological polar surface area (TPSA) is 65.7 Å². The second-order valence-corrected chi connectivity index (χ2v) is 8.28. The minimum absolute atomic E-state index is 0.216. The highest BCUT2D eigenvalue weighted by Gasteiger charge is 2.24. The number of hydrogen-bond donors (Lipinski definition) is 0. The molecule has 1 aliphatic rings. The van der Waals surface area contributed by atoms with Gasteiger partial charge in [-0.15, -0.1) is 5.10 Å². The van der Waals surface area contributed by atoms with Crippen molar-refractivity contribution in [3.8, 4) is 11.4 Å². The molecule has 1 aliphatic heterocycles. The van der Waals surface area contributed by atoms with Crippen molar-refractivity contribution in [3.63, 3.8) is 0 Å². The molecule has 0 saturated carbocycles. The van der Waals surface area contributed by atoms with Crippen molar-refractivity contribution in [2.45, 2.75) is 18.9 Å². The summed E-state index contributed by atoms with van der Waals surface area (Å²) >= 11 is 4.93. The minimum Gasteiger partial charge on any atom is -0.379 e. The molecule has 1 atom stereocenters.